The van der Waals surface area contributed by atoms with E-state index in [1.165, 1.54) is 41.3 Å². The number of hydrogen-bond acceptors (Lipinski definition) is 7. The molecule has 0 radical (unpaired) electrons. The number of para-hydroxylation sites is 1. The molecule has 41 heavy (non-hydrogen) atoms. The Morgan fingerprint density at radius 1 is 0.878 bits per heavy atom. The first-order valence-corrected chi connectivity index (χ1v) is 13.9. The molecule has 0 saturated carbocycles. The van der Waals surface area contributed by atoms with Crippen LogP contribution in [0, 0.1) is 0 Å². The summed E-state index contributed by atoms with van der Waals surface area (Å²) < 4.78 is 27.1. The molecule has 12 heteroatoms. The summed E-state index contributed by atoms with van der Waals surface area (Å²) in [6.45, 7) is 0. The van der Waals surface area contributed by atoms with Crippen molar-refractivity contribution in [2.24, 2.45) is 4.99 Å². The number of anilines is 2. The zero-order valence-corrected chi connectivity index (χ0v) is 22.5. The summed E-state index contributed by atoms with van der Waals surface area (Å²) in [7, 11) is -2.49. The maximum absolute atomic E-state index is 13.3. The van der Waals surface area contributed by atoms with Crippen molar-refractivity contribution in [3.05, 3.63) is 120 Å². The number of rotatable bonds is 6. The number of benzene rings is 3. The van der Waals surface area contributed by atoms with E-state index in [9.17, 15) is 22.8 Å². The van der Waals surface area contributed by atoms with Gasteiger partial charge >= 0.3 is 6.03 Å². The van der Waals surface area contributed by atoms with Crippen LogP contribution in [-0.4, -0.2) is 50.2 Å². The third-order valence-corrected chi connectivity index (χ3v) is 7.57. The highest BCUT2D eigenvalue weighted by Gasteiger charge is 2.31. The van der Waals surface area contributed by atoms with Gasteiger partial charge in [-0.3, -0.25) is 14.6 Å². The van der Waals surface area contributed by atoms with E-state index in [-0.39, 0.29) is 16.1 Å². The average molecular weight is 569 g/mol. The number of nitrogens with zero attached hydrogens (tertiary/aromatic N) is 3. The summed E-state index contributed by atoms with van der Waals surface area (Å²) in [6, 6.07) is 23.3. The Morgan fingerprint density at radius 2 is 1.59 bits per heavy atom. The quantitative estimate of drug-likeness (QED) is 0.325. The number of benzodiazepines with no additional fused rings is 1. The van der Waals surface area contributed by atoms with Gasteiger partial charge in [0.15, 0.2) is 0 Å². The van der Waals surface area contributed by atoms with Crippen molar-refractivity contribution in [3.63, 3.8) is 0 Å². The lowest BCUT2D eigenvalue weighted by Crippen LogP contribution is -2.47. The summed E-state index contributed by atoms with van der Waals surface area (Å²) in [4.78, 5) is 49.0. The molecule has 0 unspecified atom stereocenters. The third-order valence-electron chi connectivity index (χ3n) is 6.23. The number of likely N-dealkylation sites (N-methyl/N-ethyl adjacent to an activating group) is 1. The highest BCUT2D eigenvalue weighted by atomic mass is 32.2. The van der Waals surface area contributed by atoms with Gasteiger partial charge in [0.05, 0.1) is 16.3 Å². The molecule has 4 amide bonds. The maximum Gasteiger partial charge on any atom is 0.321 e. The topological polar surface area (TPSA) is 150 Å². The van der Waals surface area contributed by atoms with Gasteiger partial charge in [0.2, 0.25) is 6.17 Å². The molecule has 0 spiro atoms. The van der Waals surface area contributed by atoms with Crippen molar-refractivity contribution >= 4 is 45.0 Å². The Bertz CT molecular complexity index is 1760. The molecule has 1 aliphatic heterocycles. The van der Waals surface area contributed by atoms with Crippen molar-refractivity contribution in [2.75, 3.05) is 17.3 Å². The lowest BCUT2D eigenvalue weighted by Gasteiger charge is -2.21. The van der Waals surface area contributed by atoms with Crippen LogP contribution >= 0.6 is 0 Å². The first-order valence-electron chi connectivity index (χ1n) is 12.4. The number of sulfonamides is 1. The summed E-state index contributed by atoms with van der Waals surface area (Å²) in [5.74, 6) is -1.33. The third kappa shape index (κ3) is 5.97. The second-order valence-electron chi connectivity index (χ2n) is 8.96. The number of carbonyl (C=O) groups excluding carboxylic acids is 3. The van der Waals surface area contributed by atoms with E-state index < -0.39 is 34.0 Å². The molecular formula is C29H24N6O5S. The van der Waals surface area contributed by atoms with Gasteiger partial charge in [-0.1, -0.05) is 42.5 Å². The number of nitrogens with one attached hydrogen (secondary N) is 3. The molecule has 0 aliphatic carbocycles. The van der Waals surface area contributed by atoms with Gasteiger partial charge in [-0.15, -0.1) is 0 Å². The minimum absolute atomic E-state index is 0.000950. The molecular weight excluding hydrogens is 544 g/mol. The average Bonchev–Trinajstić information content (AvgIpc) is 3.08. The van der Waals surface area contributed by atoms with Gasteiger partial charge in [0.1, 0.15) is 0 Å². The van der Waals surface area contributed by atoms with E-state index in [0.29, 0.717) is 22.5 Å². The lowest BCUT2D eigenvalue weighted by molar-refractivity contribution is -0.119. The first-order chi connectivity index (χ1) is 19.7. The molecule has 3 N–H and O–H groups in total. The molecule has 2 heterocycles. The van der Waals surface area contributed by atoms with E-state index in [1.807, 2.05) is 22.9 Å². The van der Waals surface area contributed by atoms with Crippen molar-refractivity contribution < 1.29 is 22.8 Å². The Labute approximate surface area is 236 Å². The molecule has 5 rings (SSSR count). The van der Waals surface area contributed by atoms with Crippen LogP contribution in [-0.2, 0) is 14.8 Å². The van der Waals surface area contributed by atoms with Gasteiger partial charge < -0.3 is 15.5 Å². The Hall–Kier alpha value is -5.36. The molecule has 0 fully saturated rings. The Morgan fingerprint density at radius 3 is 2.34 bits per heavy atom. The molecule has 4 aromatic rings. The van der Waals surface area contributed by atoms with Crippen LogP contribution in [0.4, 0.5) is 16.2 Å². The fraction of sp³-hybridized carbons (Fsp3) is 0.0690. The summed E-state index contributed by atoms with van der Waals surface area (Å²) in [5.41, 5.74) is 2.76. The maximum atomic E-state index is 13.3. The van der Waals surface area contributed by atoms with Gasteiger partial charge in [0.25, 0.3) is 21.8 Å². The number of pyridine rings is 1. The van der Waals surface area contributed by atoms with Crippen LogP contribution in [0.25, 0.3) is 0 Å². The van der Waals surface area contributed by atoms with Crippen LogP contribution in [0.5, 0.6) is 0 Å². The van der Waals surface area contributed by atoms with Crippen molar-refractivity contribution in [3.8, 4) is 0 Å². The van der Waals surface area contributed by atoms with Gasteiger partial charge in [0, 0.05) is 41.8 Å². The predicted octanol–water partition coefficient (Wildman–Crippen LogP) is 3.16. The van der Waals surface area contributed by atoms with E-state index in [0.717, 1.165) is 0 Å². The fourth-order valence-corrected chi connectivity index (χ4v) is 5.22. The molecule has 11 nitrogen and oxygen atoms in total. The SMILES string of the molecule is CN1C(=O)[C@H](NC(=O)Nc2cccc(C(=O)NS(=O)(=O)c3ccccc3)c2)N=C(c2ccncc2)c2ccccc21. The number of aliphatic imine (C=N–C) groups is 1. The van der Waals surface area contributed by atoms with E-state index in [2.05, 4.69) is 20.6 Å². The molecule has 206 valence electrons. The smallest absolute Gasteiger partial charge is 0.311 e. The number of fused-ring (bicyclic) bond motifs is 1. The highest BCUT2D eigenvalue weighted by molar-refractivity contribution is 7.90. The minimum atomic E-state index is -4.09. The number of carbonyl (C=O) groups is 3. The zero-order valence-electron chi connectivity index (χ0n) is 21.7. The van der Waals surface area contributed by atoms with Crippen molar-refractivity contribution in [1.82, 2.24) is 15.0 Å². The van der Waals surface area contributed by atoms with Gasteiger partial charge in [-0.05, 0) is 48.5 Å². The summed E-state index contributed by atoms with van der Waals surface area (Å²) in [5, 5.41) is 5.17. The second-order valence-corrected chi connectivity index (χ2v) is 10.6. The number of hydrogen-bond donors (Lipinski definition) is 3. The number of aromatic nitrogens is 1. The van der Waals surface area contributed by atoms with Crippen LogP contribution in [0.1, 0.15) is 21.5 Å². The Kier molecular flexibility index (Phi) is 7.57. The monoisotopic (exact) mass is 568 g/mol. The lowest BCUT2D eigenvalue weighted by atomic mass is 10.0. The minimum Gasteiger partial charge on any atom is -0.311 e. The van der Waals surface area contributed by atoms with Crippen LogP contribution in [0.15, 0.2) is 113 Å². The van der Waals surface area contributed by atoms with Crippen LogP contribution < -0.4 is 20.3 Å². The molecule has 3 aromatic carbocycles. The van der Waals surface area contributed by atoms with Crippen molar-refractivity contribution in [2.45, 2.75) is 11.1 Å². The number of amides is 4. The zero-order chi connectivity index (χ0) is 29.0. The number of urea groups is 1. The van der Waals surface area contributed by atoms with E-state index in [4.69, 9.17) is 0 Å². The normalized spacial score (nSPS) is 14.8. The van der Waals surface area contributed by atoms with Crippen LogP contribution in [0.2, 0.25) is 0 Å². The fourth-order valence-electron chi connectivity index (χ4n) is 4.23. The first kappa shape index (κ1) is 27.2. The molecule has 1 aliphatic rings. The second kappa shape index (κ2) is 11.4. The Balaban J connectivity index is 1.35. The largest absolute Gasteiger partial charge is 0.321 e. The summed E-state index contributed by atoms with van der Waals surface area (Å²) in [6.07, 6.45) is 1.96. The highest BCUT2D eigenvalue weighted by Crippen LogP contribution is 2.27. The predicted molar refractivity (Wildman–Crippen MR) is 153 cm³/mol. The molecule has 0 bridgehead atoms. The molecule has 1 aromatic heterocycles. The van der Waals surface area contributed by atoms with E-state index >= 15 is 0 Å². The van der Waals surface area contributed by atoms with Crippen LogP contribution in [0.3, 0.4) is 0 Å². The van der Waals surface area contributed by atoms with Gasteiger partial charge in [-0.2, -0.15) is 0 Å². The van der Waals surface area contributed by atoms with E-state index in [1.54, 1.807) is 55.8 Å². The standard InChI is InChI=1S/C29H24N6O5S/c1-35-24-13-6-5-12-23(24)25(19-14-16-30-17-15-19)32-26(28(35)37)33-29(38)31-21-9-7-8-20(18-21)27(36)34-41(39,40)22-10-3-2-4-11-22/h2-18,26H,1H3,(H,34,36)(H2,31,33,38)/t26-/m0/s1. The van der Waals surface area contributed by atoms with Crippen molar-refractivity contribution in [1.29, 1.82) is 0 Å². The molecule has 0 saturated heterocycles. The molecule has 1 atom stereocenters. The van der Waals surface area contributed by atoms with Gasteiger partial charge in [-0.25, -0.2) is 22.9 Å². The summed E-state index contributed by atoms with van der Waals surface area (Å²) >= 11 is 0.